The van der Waals surface area contributed by atoms with Crippen LogP contribution in [0, 0.1) is 0 Å². The number of hydrogen-bond donors (Lipinski definition) is 1. The van der Waals surface area contributed by atoms with Gasteiger partial charge in [0, 0.05) is 40.8 Å². The summed E-state index contributed by atoms with van der Waals surface area (Å²) in [6.07, 6.45) is 3.21. The molecule has 1 aromatic heterocycles. The van der Waals surface area contributed by atoms with Gasteiger partial charge in [0.25, 0.3) is 0 Å². The van der Waals surface area contributed by atoms with Gasteiger partial charge in [0.1, 0.15) is 5.82 Å². The van der Waals surface area contributed by atoms with Gasteiger partial charge in [-0.25, -0.2) is 9.78 Å². The van der Waals surface area contributed by atoms with Crippen LogP contribution in [0.3, 0.4) is 0 Å². The molecule has 1 aliphatic carbocycles. The molecule has 0 bridgehead atoms. The molecule has 1 aromatic rings. The van der Waals surface area contributed by atoms with Crippen LogP contribution in [0.2, 0.25) is 0 Å². The monoisotopic (exact) mass is 321 g/mol. The highest BCUT2D eigenvalue weighted by atomic mass is 32.2. The predicted molar refractivity (Wildman–Crippen MR) is 88.5 cm³/mol. The summed E-state index contributed by atoms with van der Waals surface area (Å²) in [4.78, 5) is 18.7. The number of nitrogens with zero attached hydrogens (tertiary/aromatic N) is 2. The van der Waals surface area contributed by atoms with Crippen molar-refractivity contribution in [2.75, 3.05) is 18.4 Å². The number of amides is 2. The number of aromatic nitrogens is 1. The van der Waals surface area contributed by atoms with Gasteiger partial charge >= 0.3 is 6.03 Å². The predicted octanol–water partition coefficient (Wildman–Crippen LogP) is 2.72. The highest BCUT2D eigenvalue weighted by molar-refractivity contribution is 7.86. The molecule has 5 nitrogen and oxygen atoms in total. The van der Waals surface area contributed by atoms with E-state index in [4.69, 9.17) is 0 Å². The van der Waals surface area contributed by atoms with Crippen LogP contribution in [0.25, 0.3) is 0 Å². The Labute approximate surface area is 133 Å². The lowest BCUT2D eigenvalue weighted by atomic mass is 10.2. The molecule has 6 heteroatoms. The summed E-state index contributed by atoms with van der Waals surface area (Å²) in [5, 5.41) is 2.98. The molecule has 0 aromatic carbocycles. The van der Waals surface area contributed by atoms with Gasteiger partial charge in [0.2, 0.25) is 0 Å². The number of carbonyl (C=O) groups excluding carboxylic acids is 1. The van der Waals surface area contributed by atoms with Crippen molar-refractivity contribution < 1.29 is 9.00 Å². The normalized spacial score (nSPS) is 28.5. The Bertz CT molecular complexity index is 589. The molecule has 0 radical (unpaired) electrons. The third-order valence-electron chi connectivity index (χ3n) is 4.37. The molecule has 3 rings (SSSR count). The molecule has 2 heterocycles. The Balaban J connectivity index is 1.66. The maximum atomic E-state index is 12.5. The average Bonchev–Trinajstić information content (AvgIpc) is 3.35. The zero-order chi connectivity index (χ0) is 15.7. The SMILES string of the molecule is CCC1CN(C(=O)Nc2cccc(C3CC3)n2)CC(C)S1=O. The first-order chi connectivity index (χ1) is 10.6. The van der Waals surface area contributed by atoms with Crippen LogP contribution in [0.5, 0.6) is 0 Å². The van der Waals surface area contributed by atoms with Crippen LogP contribution in [0.15, 0.2) is 18.2 Å². The molecule has 120 valence electrons. The molecular formula is C16H23N3O2S. The van der Waals surface area contributed by atoms with Gasteiger partial charge in [-0.1, -0.05) is 13.0 Å². The van der Waals surface area contributed by atoms with Gasteiger partial charge in [-0.3, -0.25) is 9.53 Å². The summed E-state index contributed by atoms with van der Waals surface area (Å²) in [5.74, 6) is 1.18. The number of rotatable bonds is 3. The van der Waals surface area contributed by atoms with Crippen molar-refractivity contribution in [2.24, 2.45) is 0 Å². The molecule has 22 heavy (non-hydrogen) atoms. The summed E-state index contributed by atoms with van der Waals surface area (Å²) in [6, 6.07) is 5.65. The van der Waals surface area contributed by atoms with Crippen molar-refractivity contribution in [1.82, 2.24) is 9.88 Å². The molecular weight excluding hydrogens is 298 g/mol. The fraction of sp³-hybridized carbons (Fsp3) is 0.625. The number of pyridine rings is 1. The largest absolute Gasteiger partial charge is 0.323 e. The molecule has 3 atom stereocenters. The molecule has 2 aliphatic rings. The molecule has 1 saturated carbocycles. The van der Waals surface area contributed by atoms with E-state index in [1.54, 1.807) is 4.90 Å². The molecule has 2 amide bonds. The number of carbonyl (C=O) groups is 1. The van der Waals surface area contributed by atoms with E-state index in [-0.39, 0.29) is 16.5 Å². The smallest absolute Gasteiger partial charge is 0.322 e. The van der Waals surface area contributed by atoms with Gasteiger partial charge in [-0.2, -0.15) is 0 Å². The van der Waals surface area contributed by atoms with Crippen molar-refractivity contribution in [3.63, 3.8) is 0 Å². The summed E-state index contributed by atoms with van der Waals surface area (Å²) in [5.41, 5.74) is 1.07. The van der Waals surface area contributed by atoms with E-state index in [1.165, 1.54) is 12.8 Å². The standard InChI is InChI=1S/C16H23N3O2S/c1-3-13-10-19(9-11(2)22(13)21)16(20)18-15-6-4-5-14(17-15)12-7-8-12/h4-6,11-13H,3,7-10H2,1-2H3,(H,17,18,20). The van der Waals surface area contributed by atoms with Gasteiger partial charge in [-0.15, -0.1) is 0 Å². The third-order valence-corrected chi connectivity index (χ3v) is 6.45. The Morgan fingerprint density at radius 1 is 1.41 bits per heavy atom. The van der Waals surface area contributed by atoms with E-state index in [0.29, 0.717) is 24.8 Å². The van der Waals surface area contributed by atoms with E-state index in [2.05, 4.69) is 10.3 Å². The average molecular weight is 321 g/mol. The molecule has 1 N–H and O–H groups in total. The Morgan fingerprint density at radius 2 is 2.18 bits per heavy atom. The fourth-order valence-corrected chi connectivity index (χ4v) is 4.52. The molecule has 0 spiro atoms. The lowest BCUT2D eigenvalue weighted by Gasteiger charge is -2.35. The maximum Gasteiger partial charge on any atom is 0.323 e. The number of hydrogen-bond acceptors (Lipinski definition) is 3. The quantitative estimate of drug-likeness (QED) is 0.931. The Hall–Kier alpha value is -1.43. The van der Waals surface area contributed by atoms with Crippen LogP contribution >= 0.6 is 0 Å². The summed E-state index contributed by atoms with van der Waals surface area (Å²) >= 11 is 0. The summed E-state index contributed by atoms with van der Waals surface area (Å²) in [6.45, 7) is 5.07. The minimum absolute atomic E-state index is 0.0233. The molecule has 1 saturated heterocycles. The molecule has 2 fully saturated rings. The number of anilines is 1. The van der Waals surface area contributed by atoms with Crippen LogP contribution in [-0.4, -0.2) is 43.7 Å². The second-order valence-electron chi connectivity index (χ2n) is 6.23. The highest BCUT2D eigenvalue weighted by Gasteiger charge is 2.33. The maximum absolute atomic E-state index is 12.5. The van der Waals surface area contributed by atoms with Gasteiger partial charge in [-0.05, 0) is 38.3 Å². The zero-order valence-corrected chi connectivity index (χ0v) is 13.9. The van der Waals surface area contributed by atoms with Gasteiger partial charge in [0.05, 0.1) is 5.25 Å². The number of nitrogens with one attached hydrogen (secondary N) is 1. The minimum atomic E-state index is -0.845. The van der Waals surface area contributed by atoms with E-state index in [1.807, 2.05) is 32.0 Å². The highest BCUT2D eigenvalue weighted by Crippen LogP contribution is 2.39. The lowest BCUT2D eigenvalue weighted by molar-refractivity contribution is 0.209. The Kier molecular flexibility index (Phi) is 4.47. The van der Waals surface area contributed by atoms with Crippen molar-refractivity contribution in [3.05, 3.63) is 23.9 Å². The number of urea groups is 1. The van der Waals surface area contributed by atoms with Crippen LogP contribution in [0.1, 0.15) is 44.7 Å². The van der Waals surface area contributed by atoms with Crippen molar-refractivity contribution in [1.29, 1.82) is 0 Å². The van der Waals surface area contributed by atoms with Crippen molar-refractivity contribution in [2.45, 2.75) is 49.5 Å². The van der Waals surface area contributed by atoms with E-state index in [0.717, 1.165) is 12.1 Å². The first-order valence-electron chi connectivity index (χ1n) is 8.00. The third kappa shape index (κ3) is 3.32. The van der Waals surface area contributed by atoms with Gasteiger partial charge < -0.3 is 4.90 Å². The van der Waals surface area contributed by atoms with Gasteiger partial charge in [0.15, 0.2) is 0 Å². The zero-order valence-electron chi connectivity index (χ0n) is 13.1. The molecule has 1 aliphatic heterocycles. The minimum Gasteiger partial charge on any atom is -0.322 e. The van der Waals surface area contributed by atoms with E-state index in [9.17, 15) is 9.00 Å². The summed E-state index contributed by atoms with van der Waals surface area (Å²) < 4.78 is 12.1. The van der Waals surface area contributed by atoms with E-state index >= 15 is 0 Å². The Morgan fingerprint density at radius 3 is 2.86 bits per heavy atom. The van der Waals surface area contributed by atoms with Crippen LogP contribution in [-0.2, 0) is 10.8 Å². The molecule has 3 unspecified atom stereocenters. The second-order valence-corrected chi connectivity index (χ2v) is 8.35. The first kappa shape index (κ1) is 15.5. The first-order valence-corrected chi connectivity index (χ1v) is 9.28. The van der Waals surface area contributed by atoms with Crippen molar-refractivity contribution >= 4 is 22.6 Å². The topological polar surface area (TPSA) is 62.3 Å². The second kappa shape index (κ2) is 6.36. The van der Waals surface area contributed by atoms with Crippen molar-refractivity contribution in [3.8, 4) is 0 Å². The van der Waals surface area contributed by atoms with Crippen LogP contribution in [0.4, 0.5) is 10.6 Å². The fourth-order valence-electron chi connectivity index (χ4n) is 2.88. The lowest BCUT2D eigenvalue weighted by Crippen LogP contribution is -2.51. The summed E-state index contributed by atoms with van der Waals surface area (Å²) in [7, 11) is -0.845. The van der Waals surface area contributed by atoms with E-state index < -0.39 is 10.8 Å². The van der Waals surface area contributed by atoms with Crippen LogP contribution < -0.4 is 5.32 Å².